The van der Waals surface area contributed by atoms with Gasteiger partial charge in [0.1, 0.15) is 12.3 Å². The molecule has 0 aromatic heterocycles. The van der Waals surface area contributed by atoms with Crippen molar-refractivity contribution in [1.82, 2.24) is 0 Å². The van der Waals surface area contributed by atoms with Crippen LogP contribution in [0.2, 0.25) is 0 Å². The Hall–Kier alpha value is -3.08. The van der Waals surface area contributed by atoms with Gasteiger partial charge >= 0.3 is 0 Å². The van der Waals surface area contributed by atoms with Crippen molar-refractivity contribution >= 4 is 29.3 Å². The van der Waals surface area contributed by atoms with Crippen LogP contribution in [0, 0.1) is 6.92 Å². The monoisotopic (exact) mass is 322 g/mol. The lowest BCUT2D eigenvalue weighted by Crippen LogP contribution is -2.41. The number of para-hydroxylation sites is 2. The van der Waals surface area contributed by atoms with E-state index in [0.29, 0.717) is 17.1 Å². The number of nitrogens with zero attached hydrogens (tertiary/aromatic N) is 1. The molecule has 0 spiro atoms. The Morgan fingerprint density at radius 1 is 1.25 bits per heavy atom. The van der Waals surface area contributed by atoms with Crippen molar-refractivity contribution in [2.45, 2.75) is 6.92 Å². The van der Waals surface area contributed by atoms with Crippen molar-refractivity contribution in [3.05, 3.63) is 59.7 Å². The number of aryl methyl sites for hydroxylation is 1. The van der Waals surface area contributed by atoms with Gasteiger partial charge in [-0.2, -0.15) is 0 Å². The zero-order chi connectivity index (χ0) is 17.1. The molecule has 1 heterocycles. The predicted molar refractivity (Wildman–Crippen MR) is 94.2 cm³/mol. The van der Waals surface area contributed by atoms with Crippen molar-refractivity contribution < 1.29 is 14.3 Å². The molecule has 0 atom stereocenters. The summed E-state index contributed by atoms with van der Waals surface area (Å²) in [6.45, 7) is 1.98. The van der Waals surface area contributed by atoms with E-state index in [-0.39, 0.29) is 18.4 Å². The van der Waals surface area contributed by atoms with Gasteiger partial charge in [0.25, 0.3) is 5.91 Å². The fourth-order valence-corrected chi connectivity index (χ4v) is 2.66. The number of ether oxygens (including phenoxy) is 1. The molecule has 5 nitrogen and oxygen atoms in total. The van der Waals surface area contributed by atoms with Crippen LogP contribution in [0.5, 0.6) is 5.75 Å². The predicted octanol–water partition coefficient (Wildman–Crippen LogP) is 3.00. The molecule has 0 radical (unpaired) electrons. The van der Waals surface area contributed by atoms with Crippen molar-refractivity contribution in [2.75, 3.05) is 23.9 Å². The first-order valence-corrected chi connectivity index (χ1v) is 7.61. The highest BCUT2D eigenvalue weighted by atomic mass is 16.5. The second-order valence-corrected chi connectivity index (χ2v) is 5.57. The van der Waals surface area contributed by atoms with Crippen molar-refractivity contribution in [1.29, 1.82) is 0 Å². The number of carbonyl (C=O) groups is 2. The molecule has 3 rings (SSSR count). The smallest absolute Gasteiger partial charge is 0.251 e. The van der Waals surface area contributed by atoms with Crippen LogP contribution in [0.15, 0.2) is 48.5 Å². The van der Waals surface area contributed by atoms with E-state index in [4.69, 9.17) is 4.74 Å². The zero-order valence-corrected chi connectivity index (χ0v) is 13.6. The number of hydrogen-bond donors (Lipinski definition) is 1. The Morgan fingerprint density at radius 3 is 2.83 bits per heavy atom. The van der Waals surface area contributed by atoms with E-state index >= 15 is 0 Å². The minimum Gasteiger partial charge on any atom is -0.496 e. The summed E-state index contributed by atoms with van der Waals surface area (Å²) in [6.07, 6.45) is 3.18. The summed E-state index contributed by atoms with van der Waals surface area (Å²) in [7, 11) is 1.59. The van der Waals surface area contributed by atoms with Gasteiger partial charge in [-0.25, -0.2) is 0 Å². The first-order valence-electron chi connectivity index (χ1n) is 7.61. The van der Waals surface area contributed by atoms with Crippen LogP contribution in [-0.4, -0.2) is 25.5 Å². The Bertz CT molecular complexity index is 827. The molecule has 0 aliphatic carbocycles. The molecule has 0 fully saturated rings. The van der Waals surface area contributed by atoms with Crippen LogP contribution in [0.25, 0.3) is 6.08 Å². The Kier molecular flexibility index (Phi) is 4.33. The molecule has 2 aromatic carbocycles. The topological polar surface area (TPSA) is 58.6 Å². The summed E-state index contributed by atoms with van der Waals surface area (Å²) >= 11 is 0. The lowest BCUT2D eigenvalue weighted by Gasteiger charge is -2.28. The van der Waals surface area contributed by atoms with E-state index in [0.717, 1.165) is 11.1 Å². The minimum atomic E-state index is -0.249. The average Bonchev–Trinajstić information content (AvgIpc) is 2.59. The van der Waals surface area contributed by atoms with E-state index in [2.05, 4.69) is 5.32 Å². The van der Waals surface area contributed by atoms with Gasteiger partial charge in [0, 0.05) is 11.6 Å². The number of methoxy groups -OCH3 is 1. The highest BCUT2D eigenvalue weighted by Crippen LogP contribution is 2.29. The van der Waals surface area contributed by atoms with Gasteiger partial charge in [0.2, 0.25) is 5.91 Å². The highest BCUT2D eigenvalue weighted by Gasteiger charge is 2.25. The van der Waals surface area contributed by atoms with Crippen molar-refractivity contribution in [3.8, 4) is 5.75 Å². The Balaban J connectivity index is 1.88. The Morgan fingerprint density at radius 2 is 2.04 bits per heavy atom. The SMILES string of the molecule is COc1ccc(C)cc1/C=C/C(=O)N1CC(=O)Nc2ccccc21. The maximum Gasteiger partial charge on any atom is 0.251 e. The molecule has 2 amide bonds. The first kappa shape index (κ1) is 15.8. The number of anilines is 2. The molecular formula is C19H18N2O3. The Labute approximate surface area is 140 Å². The number of fused-ring (bicyclic) bond motifs is 1. The first-order chi connectivity index (χ1) is 11.6. The summed E-state index contributed by atoms with van der Waals surface area (Å²) in [6, 6.07) is 13.0. The molecule has 24 heavy (non-hydrogen) atoms. The minimum absolute atomic E-state index is 0.00510. The summed E-state index contributed by atoms with van der Waals surface area (Å²) in [4.78, 5) is 25.9. The molecule has 0 saturated heterocycles. The molecule has 2 aromatic rings. The van der Waals surface area contributed by atoms with Crippen molar-refractivity contribution in [2.24, 2.45) is 0 Å². The molecule has 1 N–H and O–H groups in total. The lowest BCUT2D eigenvalue weighted by atomic mass is 10.1. The highest BCUT2D eigenvalue weighted by molar-refractivity contribution is 6.13. The van der Waals surface area contributed by atoms with Gasteiger partial charge in [0.15, 0.2) is 0 Å². The standard InChI is InChI=1S/C19H18N2O3/c1-13-7-9-17(24-2)14(11-13)8-10-19(23)21-12-18(22)20-15-5-3-4-6-16(15)21/h3-11H,12H2,1-2H3,(H,20,22)/b10-8+. The molecule has 1 aliphatic rings. The van der Waals surface area contributed by atoms with E-state index in [1.54, 1.807) is 19.3 Å². The number of rotatable bonds is 3. The molecule has 1 aliphatic heterocycles. The fourth-order valence-electron chi connectivity index (χ4n) is 2.66. The van der Waals surface area contributed by atoms with Crippen molar-refractivity contribution in [3.63, 3.8) is 0 Å². The van der Waals surface area contributed by atoms with Crippen LogP contribution >= 0.6 is 0 Å². The molecular weight excluding hydrogens is 304 g/mol. The van der Waals surface area contributed by atoms with Crippen LogP contribution < -0.4 is 15.0 Å². The molecule has 0 bridgehead atoms. The van der Waals surface area contributed by atoms with Gasteiger partial charge < -0.3 is 10.1 Å². The van der Waals surface area contributed by atoms with Crippen LogP contribution in [-0.2, 0) is 9.59 Å². The molecule has 122 valence electrons. The second-order valence-electron chi connectivity index (χ2n) is 5.57. The van der Waals surface area contributed by atoms with Crippen LogP contribution in [0.1, 0.15) is 11.1 Å². The number of nitrogens with one attached hydrogen (secondary N) is 1. The number of amides is 2. The third kappa shape index (κ3) is 3.15. The maximum atomic E-state index is 12.6. The van der Waals surface area contributed by atoms with Crippen LogP contribution in [0.3, 0.4) is 0 Å². The van der Waals surface area contributed by atoms with E-state index in [9.17, 15) is 9.59 Å². The largest absolute Gasteiger partial charge is 0.496 e. The average molecular weight is 322 g/mol. The number of benzene rings is 2. The molecule has 0 saturated carbocycles. The van der Waals surface area contributed by atoms with Gasteiger partial charge in [-0.3, -0.25) is 14.5 Å². The van der Waals surface area contributed by atoms with Gasteiger partial charge in [0.05, 0.1) is 18.5 Å². The summed E-state index contributed by atoms with van der Waals surface area (Å²) < 4.78 is 5.31. The number of hydrogen-bond acceptors (Lipinski definition) is 3. The van der Waals surface area contributed by atoms with E-state index < -0.39 is 0 Å². The zero-order valence-electron chi connectivity index (χ0n) is 13.6. The van der Waals surface area contributed by atoms with Gasteiger partial charge in [-0.05, 0) is 37.3 Å². The summed E-state index contributed by atoms with van der Waals surface area (Å²) in [5, 5.41) is 2.77. The third-order valence-corrected chi connectivity index (χ3v) is 3.83. The summed E-state index contributed by atoms with van der Waals surface area (Å²) in [5.41, 5.74) is 3.23. The summed E-state index contributed by atoms with van der Waals surface area (Å²) in [5.74, 6) is 0.242. The third-order valence-electron chi connectivity index (χ3n) is 3.83. The second kappa shape index (κ2) is 6.58. The normalized spacial score (nSPS) is 13.6. The van der Waals surface area contributed by atoms with E-state index in [1.807, 2.05) is 43.3 Å². The molecule has 5 heteroatoms. The number of carbonyl (C=O) groups excluding carboxylic acids is 2. The van der Waals surface area contributed by atoms with Gasteiger partial charge in [-0.15, -0.1) is 0 Å². The van der Waals surface area contributed by atoms with E-state index in [1.165, 1.54) is 11.0 Å². The fraction of sp³-hybridized carbons (Fsp3) is 0.158. The lowest BCUT2D eigenvalue weighted by molar-refractivity contribution is -0.119. The van der Waals surface area contributed by atoms with Gasteiger partial charge in [-0.1, -0.05) is 23.8 Å². The molecule has 0 unspecified atom stereocenters. The van der Waals surface area contributed by atoms with Crippen LogP contribution in [0.4, 0.5) is 11.4 Å². The maximum absolute atomic E-state index is 12.6. The quantitative estimate of drug-likeness (QED) is 0.884.